The van der Waals surface area contributed by atoms with Crippen LogP contribution in [0, 0.1) is 6.26 Å². The molecule has 0 saturated carbocycles. The SMILES string of the molecule is C.C.C.CCOC(OCC)c1cc[c-]o1.Clc1cnccn1.O=Cc1ccc(-c2cnccn2)o1.[Cl][Zn+]. The fraction of sp³-hybridized carbons (Fsp3) is 0.320. The van der Waals surface area contributed by atoms with Crippen LogP contribution < -0.4 is 0 Å². The first-order valence-electron chi connectivity index (χ1n) is 9.86. The van der Waals surface area contributed by atoms with E-state index >= 15 is 0 Å². The molecule has 0 unspecified atom stereocenters. The molecular formula is C25H34Cl2N4O5Zn. The molecule has 0 N–H and O–H groups in total. The zero-order chi connectivity index (χ0) is 25.0. The molecule has 4 aromatic rings. The molecular weight excluding hydrogens is 573 g/mol. The van der Waals surface area contributed by atoms with Gasteiger partial charge in [-0.05, 0) is 38.0 Å². The molecule has 0 atom stereocenters. The molecule has 37 heavy (non-hydrogen) atoms. The standard InChI is InChI=1S/C9H6N2O2.C9H13O3.C4H3ClN2.3CH4.ClH.Zn/c12-6-7-1-2-9(13-7)8-5-10-3-4-11-8;1-3-10-9(11-4-2)8-6-5-7-12-8;5-4-3-6-1-2-7-4;;;;;/h1-6H;5-6,9H,3-4H2,1-2H3;1-3H;3*1H4;1H;/q;-1;;;;;;+2/p-1. The summed E-state index contributed by atoms with van der Waals surface area (Å²) in [5.74, 6) is 1.51. The Bertz CT molecular complexity index is 1000. The Morgan fingerprint density at radius 2 is 1.59 bits per heavy atom. The molecule has 0 radical (unpaired) electrons. The summed E-state index contributed by atoms with van der Waals surface area (Å²) in [6, 6.07) is 6.76. The number of carbonyl (C=O) groups excluding carboxylic acids is 1. The molecule has 0 amide bonds. The van der Waals surface area contributed by atoms with Crippen LogP contribution in [0.3, 0.4) is 0 Å². The van der Waals surface area contributed by atoms with Crippen LogP contribution in [-0.2, 0) is 26.8 Å². The third kappa shape index (κ3) is 16.1. The Kier molecular flexibility index (Phi) is 26.6. The van der Waals surface area contributed by atoms with Gasteiger partial charge in [0, 0.05) is 38.0 Å². The first kappa shape index (κ1) is 39.0. The summed E-state index contributed by atoms with van der Waals surface area (Å²) in [5.41, 5.74) is 0.621. The van der Waals surface area contributed by atoms with E-state index in [9.17, 15) is 4.79 Å². The van der Waals surface area contributed by atoms with Crippen LogP contribution in [0.1, 0.15) is 58.7 Å². The summed E-state index contributed by atoms with van der Waals surface area (Å²) >= 11 is 6.21. The van der Waals surface area contributed by atoms with Gasteiger partial charge in [-0.2, -0.15) is 6.07 Å². The second-order valence-electron chi connectivity index (χ2n) is 5.64. The van der Waals surface area contributed by atoms with Crippen molar-refractivity contribution in [3.63, 3.8) is 0 Å². The summed E-state index contributed by atoms with van der Waals surface area (Å²) in [6.07, 6.45) is 12.2. The number of nitrogens with zero attached hydrogens (tertiary/aromatic N) is 4. The molecule has 4 rings (SSSR count). The monoisotopic (exact) mass is 604 g/mol. The van der Waals surface area contributed by atoms with Crippen molar-refractivity contribution in [2.45, 2.75) is 42.4 Å². The second-order valence-corrected chi connectivity index (χ2v) is 6.02. The van der Waals surface area contributed by atoms with Crippen LogP contribution >= 0.6 is 21.3 Å². The first-order chi connectivity index (χ1) is 16.7. The molecule has 200 valence electrons. The summed E-state index contributed by atoms with van der Waals surface area (Å²) < 4.78 is 20.8. The third-order valence-corrected chi connectivity index (χ3v) is 3.65. The minimum atomic E-state index is -0.383. The second kappa shape index (κ2) is 25.2. The van der Waals surface area contributed by atoms with Crippen molar-refractivity contribution in [3.05, 3.63) is 84.4 Å². The van der Waals surface area contributed by atoms with Gasteiger partial charge >= 0.3 is 27.0 Å². The first-order valence-corrected chi connectivity index (χ1v) is 14.1. The van der Waals surface area contributed by atoms with E-state index in [0.717, 1.165) is 17.3 Å². The quantitative estimate of drug-likeness (QED) is 0.0917. The summed E-state index contributed by atoms with van der Waals surface area (Å²) in [4.78, 5) is 25.6. The molecule has 0 fully saturated rings. The summed E-state index contributed by atoms with van der Waals surface area (Å²) in [5, 5.41) is 0.433. The molecule has 0 aromatic carbocycles. The van der Waals surface area contributed by atoms with Gasteiger partial charge in [0.05, 0.1) is 12.4 Å². The van der Waals surface area contributed by atoms with Crippen LogP contribution in [0.4, 0.5) is 0 Å². The van der Waals surface area contributed by atoms with Crippen molar-refractivity contribution in [2.24, 2.45) is 0 Å². The van der Waals surface area contributed by atoms with E-state index in [1.54, 1.807) is 55.2 Å². The average molecular weight is 607 g/mol. The Balaban J connectivity index is -0.000000451. The Morgan fingerprint density at radius 1 is 0.973 bits per heavy atom. The maximum atomic E-state index is 10.3. The zero-order valence-electron chi connectivity index (χ0n) is 18.6. The van der Waals surface area contributed by atoms with Crippen LogP contribution in [-0.4, -0.2) is 39.4 Å². The Morgan fingerprint density at radius 3 is 1.97 bits per heavy atom. The maximum absolute atomic E-state index is 10.3. The topological polar surface area (TPSA) is 113 Å². The van der Waals surface area contributed by atoms with Gasteiger partial charge in [0.15, 0.2) is 24.1 Å². The number of aldehydes is 1. The van der Waals surface area contributed by atoms with Gasteiger partial charge in [0.25, 0.3) is 0 Å². The van der Waals surface area contributed by atoms with E-state index in [0.29, 0.717) is 47.6 Å². The van der Waals surface area contributed by atoms with Crippen LogP contribution in [0.2, 0.25) is 5.15 Å². The molecule has 0 aliphatic rings. The molecule has 0 spiro atoms. The number of hydrogen-bond acceptors (Lipinski definition) is 9. The Hall–Kier alpha value is -2.49. The van der Waals surface area contributed by atoms with Crippen LogP contribution in [0.25, 0.3) is 11.5 Å². The van der Waals surface area contributed by atoms with Gasteiger partial charge in [-0.1, -0.05) is 33.9 Å². The van der Waals surface area contributed by atoms with E-state index in [4.69, 9.17) is 39.6 Å². The molecule has 4 aromatic heterocycles. The van der Waals surface area contributed by atoms with Crippen LogP contribution in [0.5, 0.6) is 0 Å². The third-order valence-electron chi connectivity index (χ3n) is 3.45. The van der Waals surface area contributed by atoms with E-state index in [1.807, 2.05) is 13.8 Å². The zero-order valence-corrected chi connectivity index (χ0v) is 23.1. The van der Waals surface area contributed by atoms with Crippen molar-refractivity contribution in [3.8, 4) is 11.5 Å². The average Bonchev–Trinajstić information content (AvgIpc) is 3.60. The molecule has 0 saturated heterocycles. The molecule has 9 nitrogen and oxygen atoms in total. The van der Waals surface area contributed by atoms with E-state index in [-0.39, 0.29) is 28.6 Å². The number of halogens is 2. The summed E-state index contributed by atoms with van der Waals surface area (Å²) in [6.45, 7) is 5.04. The normalized spacial score (nSPS) is 8.84. The molecule has 12 heteroatoms. The van der Waals surface area contributed by atoms with Crippen LogP contribution in [0.15, 0.2) is 70.3 Å². The number of ether oxygens (including phenoxy) is 2. The van der Waals surface area contributed by atoms with Gasteiger partial charge in [-0.3, -0.25) is 14.8 Å². The number of furan rings is 2. The van der Waals surface area contributed by atoms with E-state index in [1.165, 1.54) is 6.20 Å². The number of hydrogen-bond donors (Lipinski definition) is 0. The van der Waals surface area contributed by atoms with Crippen molar-refractivity contribution < 1.29 is 40.4 Å². The molecule has 4 heterocycles. The van der Waals surface area contributed by atoms with Gasteiger partial charge in [-0.25, -0.2) is 9.97 Å². The van der Waals surface area contributed by atoms with E-state index in [2.05, 4.69) is 26.2 Å². The fourth-order valence-corrected chi connectivity index (χ4v) is 2.27. The van der Waals surface area contributed by atoms with Crippen molar-refractivity contribution in [1.82, 2.24) is 19.9 Å². The molecule has 0 aliphatic carbocycles. The van der Waals surface area contributed by atoms with Crippen molar-refractivity contribution in [2.75, 3.05) is 13.2 Å². The fourth-order valence-electron chi connectivity index (χ4n) is 2.16. The van der Waals surface area contributed by atoms with Crippen molar-refractivity contribution >= 4 is 27.6 Å². The van der Waals surface area contributed by atoms with Crippen molar-refractivity contribution in [1.29, 1.82) is 0 Å². The van der Waals surface area contributed by atoms with Gasteiger partial charge in [-0.15, -0.1) is 6.07 Å². The number of rotatable bonds is 7. The molecule has 0 aliphatic heterocycles. The minimum absolute atomic E-state index is 0. The van der Waals surface area contributed by atoms with Gasteiger partial charge in [0.1, 0.15) is 10.8 Å². The van der Waals surface area contributed by atoms with Gasteiger partial charge in [0.2, 0.25) is 0 Å². The number of carbonyl (C=O) groups is 1. The predicted octanol–water partition coefficient (Wildman–Crippen LogP) is 7.43. The van der Waals surface area contributed by atoms with Gasteiger partial charge < -0.3 is 18.3 Å². The summed E-state index contributed by atoms with van der Waals surface area (Å²) in [7, 11) is 4.76. The number of aromatic nitrogens is 4. The molecule has 0 bridgehead atoms. The predicted molar refractivity (Wildman–Crippen MR) is 142 cm³/mol. The van der Waals surface area contributed by atoms with E-state index < -0.39 is 0 Å². The Labute approximate surface area is 238 Å².